The SMILES string of the molecule is CCCOC1(C(=O)Nc2ccc(OCC)cc2)CCCC(C)C1. The summed E-state index contributed by atoms with van der Waals surface area (Å²) >= 11 is 0. The molecule has 2 atom stereocenters. The molecule has 0 radical (unpaired) electrons. The van der Waals surface area contributed by atoms with E-state index in [0.717, 1.165) is 37.1 Å². The second-order valence-corrected chi connectivity index (χ2v) is 6.46. The first-order chi connectivity index (χ1) is 11.1. The van der Waals surface area contributed by atoms with Crippen molar-refractivity contribution in [1.82, 2.24) is 0 Å². The van der Waals surface area contributed by atoms with Crippen LogP contribution in [0.25, 0.3) is 0 Å². The highest BCUT2D eigenvalue weighted by atomic mass is 16.5. The molecule has 0 saturated heterocycles. The Balaban J connectivity index is 2.07. The molecule has 1 saturated carbocycles. The Bertz CT molecular complexity index is 500. The summed E-state index contributed by atoms with van der Waals surface area (Å²) in [7, 11) is 0. The van der Waals surface area contributed by atoms with Crippen LogP contribution in [-0.2, 0) is 9.53 Å². The number of benzene rings is 1. The van der Waals surface area contributed by atoms with Crippen molar-refractivity contribution in [2.75, 3.05) is 18.5 Å². The Labute approximate surface area is 139 Å². The van der Waals surface area contributed by atoms with Crippen LogP contribution in [0.5, 0.6) is 5.75 Å². The number of hydrogen-bond donors (Lipinski definition) is 1. The molecule has 1 aliphatic rings. The van der Waals surface area contributed by atoms with Gasteiger partial charge >= 0.3 is 0 Å². The molecular formula is C19H29NO3. The van der Waals surface area contributed by atoms with E-state index in [1.54, 1.807) is 0 Å². The fourth-order valence-corrected chi connectivity index (χ4v) is 3.25. The molecule has 23 heavy (non-hydrogen) atoms. The Morgan fingerprint density at radius 3 is 2.65 bits per heavy atom. The normalized spacial score (nSPS) is 24.2. The van der Waals surface area contributed by atoms with E-state index in [0.29, 0.717) is 19.1 Å². The Morgan fingerprint density at radius 1 is 1.30 bits per heavy atom. The van der Waals surface area contributed by atoms with Crippen LogP contribution >= 0.6 is 0 Å². The van der Waals surface area contributed by atoms with Crippen molar-refractivity contribution in [3.63, 3.8) is 0 Å². The summed E-state index contributed by atoms with van der Waals surface area (Å²) < 4.78 is 11.5. The van der Waals surface area contributed by atoms with Crippen LogP contribution in [0, 0.1) is 5.92 Å². The lowest BCUT2D eigenvalue weighted by Gasteiger charge is -2.38. The summed E-state index contributed by atoms with van der Waals surface area (Å²) in [4.78, 5) is 12.9. The molecule has 128 valence electrons. The van der Waals surface area contributed by atoms with Crippen molar-refractivity contribution < 1.29 is 14.3 Å². The van der Waals surface area contributed by atoms with Crippen LogP contribution in [0.3, 0.4) is 0 Å². The lowest BCUT2D eigenvalue weighted by molar-refractivity contribution is -0.148. The van der Waals surface area contributed by atoms with Gasteiger partial charge in [-0.3, -0.25) is 4.79 Å². The summed E-state index contributed by atoms with van der Waals surface area (Å²) in [6.07, 6.45) is 4.75. The number of nitrogens with one attached hydrogen (secondary N) is 1. The maximum absolute atomic E-state index is 12.9. The number of amides is 1. The minimum absolute atomic E-state index is 0.0124. The first kappa shape index (κ1) is 17.8. The van der Waals surface area contributed by atoms with Crippen LogP contribution in [0.4, 0.5) is 5.69 Å². The molecule has 1 aromatic carbocycles. The molecule has 0 spiro atoms. The van der Waals surface area contributed by atoms with Gasteiger partial charge in [-0.2, -0.15) is 0 Å². The third-order valence-corrected chi connectivity index (χ3v) is 4.38. The third-order valence-electron chi connectivity index (χ3n) is 4.38. The summed E-state index contributed by atoms with van der Waals surface area (Å²) in [5.41, 5.74) is 0.114. The van der Waals surface area contributed by atoms with Crippen molar-refractivity contribution in [1.29, 1.82) is 0 Å². The van der Waals surface area contributed by atoms with Crippen LogP contribution in [0.1, 0.15) is 52.9 Å². The van der Waals surface area contributed by atoms with Crippen molar-refractivity contribution >= 4 is 11.6 Å². The monoisotopic (exact) mass is 319 g/mol. The molecule has 0 aromatic heterocycles. The standard InChI is InChI=1S/C19H29NO3/c1-4-13-23-19(12-6-7-15(3)14-19)18(21)20-16-8-10-17(11-9-16)22-5-2/h8-11,15H,4-7,12-14H2,1-3H3,(H,20,21). The summed E-state index contributed by atoms with van der Waals surface area (Å²) in [6.45, 7) is 7.49. The number of ether oxygens (including phenoxy) is 2. The Morgan fingerprint density at radius 2 is 2.04 bits per heavy atom. The fraction of sp³-hybridized carbons (Fsp3) is 0.632. The van der Waals surface area contributed by atoms with Gasteiger partial charge in [-0.15, -0.1) is 0 Å². The Hall–Kier alpha value is -1.55. The van der Waals surface area contributed by atoms with Crippen molar-refractivity contribution in [3.05, 3.63) is 24.3 Å². The molecule has 1 fully saturated rings. The van der Waals surface area contributed by atoms with Gasteiger partial charge in [0.2, 0.25) is 0 Å². The molecule has 1 N–H and O–H groups in total. The number of carbonyl (C=O) groups is 1. The lowest BCUT2D eigenvalue weighted by Crippen LogP contribution is -2.48. The number of rotatable bonds is 7. The average molecular weight is 319 g/mol. The summed E-state index contributed by atoms with van der Waals surface area (Å²) in [6, 6.07) is 7.51. The van der Waals surface area contributed by atoms with E-state index in [-0.39, 0.29) is 5.91 Å². The maximum Gasteiger partial charge on any atom is 0.256 e. The van der Waals surface area contributed by atoms with Gasteiger partial charge in [0.25, 0.3) is 5.91 Å². The second-order valence-electron chi connectivity index (χ2n) is 6.46. The lowest BCUT2D eigenvalue weighted by atomic mass is 9.78. The molecule has 0 bridgehead atoms. The number of carbonyl (C=O) groups excluding carboxylic acids is 1. The molecule has 2 unspecified atom stereocenters. The van der Waals surface area contributed by atoms with Crippen molar-refractivity contribution in [2.45, 2.75) is 58.5 Å². The first-order valence-electron chi connectivity index (χ1n) is 8.78. The van der Waals surface area contributed by atoms with Gasteiger partial charge in [0.15, 0.2) is 0 Å². The fourth-order valence-electron chi connectivity index (χ4n) is 3.25. The third kappa shape index (κ3) is 4.71. The zero-order chi connectivity index (χ0) is 16.7. The highest BCUT2D eigenvalue weighted by molar-refractivity contribution is 5.97. The van der Waals surface area contributed by atoms with Crippen LogP contribution in [0.15, 0.2) is 24.3 Å². The van der Waals surface area contributed by atoms with E-state index in [2.05, 4.69) is 19.2 Å². The van der Waals surface area contributed by atoms with E-state index in [1.165, 1.54) is 6.42 Å². The first-order valence-corrected chi connectivity index (χ1v) is 8.78. The molecular weight excluding hydrogens is 290 g/mol. The topological polar surface area (TPSA) is 47.6 Å². The minimum atomic E-state index is -0.674. The number of anilines is 1. The molecule has 4 nitrogen and oxygen atoms in total. The van der Waals surface area contributed by atoms with E-state index >= 15 is 0 Å². The van der Waals surface area contributed by atoms with E-state index in [1.807, 2.05) is 31.2 Å². The van der Waals surface area contributed by atoms with E-state index in [9.17, 15) is 4.79 Å². The van der Waals surface area contributed by atoms with E-state index < -0.39 is 5.60 Å². The second kappa shape index (κ2) is 8.34. The zero-order valence-electron chi connectivity index (χ0n) is 14.6. The van der Waals surface area contributed by atoms with Gasteiger partial charge in [-0.25, -0.2) is 0 Å². The highest BCUT2D eigenvalue weighted by Crippen LogP contribution is 2.36. The van der Waals surface area contributed by atoms with Gasteiger partial charge in [0.05, 0.1) is 6.61 Å². The predicted molar refractivity (Wildman–Crippen MR) is 92.8 cm³/mol. The highest BCUT2D eigenvalue weighted by Gasteiger charge is 2.42. The quantitative estimate of drug-likeness (QED) is 0.810. The molecule has 4 heteroatoms. The molecule has 1 aromatic rings. The molecule has 1 amide bonds. The van der Waals surface area contributed by atoms with Crippen molar-refractivity contribution in [3.8, 4) is 5.75 Å². The molecule has 1 aliphatic carbocycles. The van der Waals surface area contributed by atoms with Crippen molar-refractivity contribution in [2.24, 2.45) is 5.92 Å². The van der Waals surface area contributed by atoms with Gasteiger partial charge in [-0.05, 0) is 62.8 Å². The van der Waals surface area contributed by atoms with Gasteiger partial charge in [-0.1, -0.05) is 20.3 Å². The zero-order valence-corrected chi connectivity index (χ0v) is 14.6. The molecule has 0 heterocycles. The van der Waals surface area contributed by atoms with E-state index in [4.69, 9.17) is 9.47 Å². The van der Waals surface area contributed by atoms with Crippen LogP contribution < -0.4 is 10.1 Å². The largest absolute Gasteiger partial charge is 0.494 e. The number of hydrogen-bond acceptors (Lipinski definition) is 3. The summed E-state index contributed by atoms with van der Waals surface area (Å²) in [5, 5.41) is 3.03. The van der Waals surface area contributed by atoms with Crippen LogP contribution in [-0.4, -0.2) is 24.7 Å². The predicted octanol–water partition coefficient (Wildman–Crippen LogP) is 4.40. The summed E-state index contributed by atoms with van der Waals surface area (Å²) in [5.74, 6) is 1.32. The maximum atomic E-state index is 12.9. The molecule has 2 rings (SSSR count). The Kier molecular flexibility index (Phi) is 6.46. The van der Waals surface area contributed by atoms with Crippen LogP contribution in [0.2, 0.25) is 0 Å². The smallest absolute Gasteiger partial charge is 0.256 e. The van der Waals surface area contributed by atoms with Gasteiger partial charge in [0.1, 0.15) is 11.4 Å². The van der Waals surface area contributed by atoms with Gasteiger partial charge < -0.3 is 14.8 Å². The average Bonchev–Trinajstić information content (AvgIpc) is 2.55. The minimum Gasteiger partial charge on any atom is -0.494 e. The van der Waals surface area contributed by atoms with Gasteiger partial charge in [0, 0.05) is 12.3 Å². The molecule has 0 aliphatic heterocycles.